The minimum absolute atomic E-state index is 0.0533. The molecule has 3 aromatic rings. The van der Waals surface area contributed by atoms with Crippen LogP contribution in [0.5, 0.6) is 0 Å². The fraction of sp³-hybridized carbons (Fsp3) is 0.250. The van der Waals surface area contributed by atoms with Crippen molar-refractivity contribution in [3.05, 3.63) is 51.0 Å². The second kappa shape index (κ2) is 7.66. The molecule has 0 saturated carbocycles. The van der Waals surface area contributed by atoms with E-state index in [4.69, 9.17) is 0 Å². The van der Waals surface area contributed by atoms with Gasteiger partial charge in [-0.1, -0.05) is 6.07 Å². The van der Waals surface area contributed by atoms with Crippen molar-refractivity contribution in [1.29, 1.82) is 0 Å². The van der Waals surface area contributed by atoms with Crippen molar-refractivity contribution in [2.75, 3.05) is 13.1 Å². The van der Waals surface area contributed by atoms with E-state index in [1.165, 1.54) is 29.5 Å². The number of nitrogens with one attached hydrogen (secondary N) is 2. The van der Waals surface area contributed by atoms with Gasteiger partial charge in [-0.2, -0.15) is 5.10 Å². The van der Waals surface area contributed by atoms with Crippen LogP contribution in [0.15, 0.2) is 35.2 Å². The highest BCUT2D eigenvalue weighted by molar-refractivity contribution is 7.89. The molecule has 1 aromatic carbocycles. The molecule has 0 unspecified atom stereocenters. The number of rotatable bonds is 7. The number of aryl methyl sites for hydroxylation is 2. The number of carbonyl (C=O) groups excluding carboxylic acids is 1. The fourth-order valence-electron chi connectivity index (χ4n) is 2.61. The monoisotopic (exact) mass is 423 g/mol. The molecule has 0 atom stereocenters. The number of hydrogen-bond donors (Lipinski definition) is 2. The topological polar surface area (TPSA) is 136 Å². The van der Waals surface area contributed by atoms with Crippen LogP contribution < -0.4 is 10.0 Å². The highest BCUT2D eigenvalue weighted by Crippen LogP contribution is 2.27. The molecule has 2 aromatic heterocycles. The van der Waals surface area contributed by atoms with Crippen molar-refractivity contribution in [3.8, 4) is 0 Å². The molecular formula is C16H17N5O5S2. The average Bonchev–Trinajstić information content (AvgIpc) is 3.20. The van der Waals surface area contributed by atoms with E-state index in [2.05, 4.69) is 15.1 Å². The van der Waals surface area contributed by atoms with Crippen molar-refractivity contribution >= 4 is 43.2 Å². The Bertz CT molecular complexity index is 1130. The Morgan fingerprint density at radius 1 is 1.32 bits per heavy atom. The number of fused-ring (bicyclic) bond motifs is 1. The van der Waals surface area contributed by atoms with Gasteiger partial charge in [0.2, 0.25) is 10.0 Å². The SMILES string of the molecule is Cc1nn(C)c2sc(C(=O)NCCNS(=O)(=O)c3cccc([N+](=O)[O-])c3)cc12. The lowest BCUT2D eigenvalue weighted by Gasteiger charge is -2.07. The van der Waals surface area contributed by atoms with Gasteiger partial charge in [0, 0.05) is 37.7 Å². The van der Waals surface area contributed by atoms with Crippen LogP contribution in [0.2, 0.25) is 0 Å². The smallest absolute Gasteiger partial charge is 0.270 e. The first-order chi connectivity index (χ1) is 13.2. The maximum atomic E-state index is 12.3. The van der Waals surface area contributed by atoms with Crippen molar-refractivity contribution in [1.82, 2.24) is 19.8 Å². The molecule has 12 heteroatoms. The number of nitro benzene ring substituents is 1. The van der Waals surface area contributed by atoms with Gasteiger partial charge in [-0.3, -0.25) is 19.6 Å². The summed E-state index contributed by atoms with van der Waals surface area (Å²) in [6.45, 7) is 1.88. The Hall–Kier alpha value is -2.83. The van der Waals surface area contributed by atoms with Crippen molar-refractivity contribution in [2.24, 2.45) is 7.05 Å². The van der Waals surface area contributed by atoms with Gasteiger partial charge in [0.1, 0.15) is 4.83 Å². The van der Waals surface area contributed by atoms with E-state index >= 15 is 0 Å². The third-order valence-corrected chi connectivity index (χ3v) is 6.62. The summed E-state index contributed by atoms with van der Waals surface area (Å²) in [6, 6.07) is 6.51. The summed E-state index contributed by atoms with van der Waals surface area (Å²) in [5.41, 5.74) is 0.517. The molecule has 28 heavy (non-hydrogen) atoms. The molecular weight excluding hydrogens is 406 g/mol. The molecule has 0 aliphatic carbocycles. The summed E-state index contributed by atoms with van der Waals surface area (Å²) in [7, 11) is -2.11. The predicted octanol–water partition coefficient (Wildman–Crippen LogP) is 1.56. The van der Waals surface area contributed by atoms with Crippen molar-refractivity contribution in [2.45, 2.75) is 11.8 Å². The number of aromatic nitrogens is 2. The Morgan fingerprint density at radius 2 is 2.07 bits per heavy atom. The second-order valence-corrected chi connectivity index (χ2v) is 8.74. The van der Waals surface area contributed by atoms with E-state index in [1.807, 2.05) is 6.92 Å². The molecule has 0 aliphatic heterocycles. The lowest BCUT2D eigenvalue weighted by Crippen LogP contribution is -2.34. The van der Waals surface area contributed by atoms with Crippen LogP contribution in [0.4, 0.5) is 5.69 Å². The van der Waals surface area contributed by atoms with Gasteiger partial charge in [0.15, 0.2) is 0 Å². The van der Waals surface area contributed by atoms with Gasteiger partial charge < -0.3 is 5.32 Å². The standard InChI is InChI=1S/C16H17N5O5S2/c1-10-13-9-14(27-16(13)20(2)19-10)15(22)17-6-7-18-28(25,26)12-5-3-4-11(8-12)21(23)24/h3-5,8-9,18H,6-7H2,1-2H3,(H,17,22). The predicted molar refractivity (Wildman–Crippen MR) is 104 cm³/mol. The average molecular weight is 423 g/mol. The quantitative estimate of drug-likeness (QED) is 0.336. The Kier molecular flexibility index (Phi) is 5.45. The lowest BCUT2D eigenvalue weighted by atomic mass is 10.3. The molecule has 0 spiro atoms. The molecule has 148 valence electrons. The summed E-state index contributed by atoms with van der Waals surface area (Å²) < 4.78 is 28.5. The van der Waals surface area contributed by atoms with Gasteiger partial charge >= 0.3 is 0 Å². The first-order valence-corrected chi connectivity index (χ1v) is 10.4. The third-order valence-electron chi connectivity index (χ3n) is 3.96. The highest BCUT2D eigenvalue weighted by atomic mass is 32.2. The van der Waals surface area contributed by atoms with Gasteiger partial charge in [0.25, 0.3) is 11.6 Å². The normalized spacial score (nSPS) is 11.6. The van der Waals surface area contributed by atoms with Crippen LogP contribution in [0.3, 0.4) is 0 Å². The van der Waals surface area contributed by atoms with E-state index in [9.17, 15) is 23.3 Å². The first kappa shape index (κ1) is 19.9. The lowest BCUT2D eigenvalue weighted by molar-refractivity contribution is -0.385. The number of benzene rings is 1. The zero-order valence-corrected chi connectivity index (χ0v) is 16.6. The summed E-state index contributed by atoms with van der Waals surface area (Å²) in [6.07, 6.45) is 0. The Labute approximate surface area is 164 Å². The molecule has 2 heterocycles. The van der Waals surface area contributed by atoms with Crippen LogP contribution in [-0.2, 0) is 17.1 Å². The number of nitrogens with zero attached hydrogens (tertiary/aromatic N) is 3. The van der Waals surface area contributed by atoms with Crippen LogP contribution in [0.1, 0.15) is 15.4 Å². The summed E-state index contributed by atoms with van der Waals surface area (Å²) in [5.74, 6) is -0.310. The van der Waals surface area contributed by atoms with Crippen LogP contribution in [0, 0.1) is 17.0 Å². The maximum absolute atomic E-state index is 12.3. The molecule has 0 bridgehead atoms. The molecule has 2 N–H and O–H groups in total. The summed E-state index contributed by atoms with van der Waals surface area (Å²) in [4.78, 5) is 23.6. The second-order valence-electron chi connectivity index (χ2n) is 5.95. The highest BCUT2D eigenvalue weighted by Gasteiger charge is 2.18. The van der Waals surface area contributed by atoms with Gasteiger partial charge in [-0.25, -0.2) is 13.1 Å². The van der Waals surface area contributed by atoms with E-state index in [1.54, 1.807) is 17.8 Å². The number of nitro groups is 1. The van der Waals surface area contributed by atoms with Crippen molar-refractivity contribution < 1.29 is 18.1 Å². The summed E-state index contributed by atoms with van der Waals surface area (Å²) >= 11 is 1.30. The van der Waals surface area contributed by atoms with E-state index in [0.717, 1.165) is 22.0 Å². The molecule has 0 radical (unpaired) electrons. The van der Waals surface area contributed by atoms with Gasteiger partial charge in [-0.05, 0) is 19.1 Å². The number of carbonyl (C=O) groups is 1. The number of non-ortho nitro benzene ring substituents is 1. The Morgan fingerprint density at radius 3 is 2.75 bits per heavy atom. The van der Waals surface area contributed by atoms with E-state index < -0.39 is 14.9 Å². The van der Waals surface area contributed by atoms with Crippen LogP contribution in [-0.4, -0.2) is 42.1 Å². The molecule has 0 aliphatic rings. The third kappa shape index (κ3) is 4.03. The van der Waals surface area contributed by atoms with Crippen LogP contribution in [0.25, 0.3) is 10.2 Å². The number of sulfonamides is 1. The van der Waals surface area contributed by atoms with Gasteiger partial charge in [0.05, 0.1) is 20.4 Å². The molecule has 1 amide bonds. The van der Waals surface area contributed by atoms with Crippen LogP contribution >= 0.6 is 11.3 Å². The molecule has 3 rings (SSSR count). The van der Waals surface area contributed by atoms with E-state index in [-0.39, 0.29) is 29.6 Å². The van der Waals surface area contributed by atoms with E-state index in [0.29, 0.717) is 4.88 Å². The zero-order valence-electron chi connectivity index (χ0n) is 15.0. The minimum atomic E-state index is -3.92. The minimum Gasteiger partial charge on any atom is -0.350 e. The number of thiophene rings is 1. The molecule has 0 saturated heterocycles. The van der Waals surface area contributed by atoms with Gasteiger partial charge in [-0.15, -0.1) is 11.3 Å². The number of amides is 1. The fourth-order valence-corrected chi connectivity index (χ4v) is 4.72. The first-order valence-electron chi connectivity index (χ1n) is 8.14. The maximum Gasteiger partial charge on any atom is 0.270 e. The Balaban J connectivity index is 1.58. The largest absolute Gasteiger partial charge is 0.350 e. The molecule has 0 fully saturated rings. The summed E-state index contributed by atoms with van der Waals surface area (Å²) in [5, 5.41) is 18.6. The van der Waals surface area contributed by atoms with Crippen molar-refractivity contribution in [3.63, 3.8) is 0 Å². The molecule has 10 nitrogen and oxygen atoms in total. The zero-order chi connectivity index (χ0) is 20.5. The number of hydrogen-bond acceptors (Lipinski definition) is 7.